The normalized spacial score (nSPS) is 12.2. The van der Waals surface area contributed by atoms with Crippen LogP contribution in [0, 0.1) is 13.8 Å². The van der Waals surface area contributed by atoms with Gasteiger partial charge >= 0.3 is 5.97 Å². The van der Waals surface area contributed by atoms with E-state index < -0.39 is 12.6 Å². The Bertz CT molecular complexity index is 1250. The van der Waals surface area contributed by atoms with Gasteiger partial charge in [0, 0.05) is 22.5 Å². The maximum atomic E-state index is 12.7. The number of hydrogen-bond acceptors (Lipinski definition) is 6. The summed E-state index contributed by atoms with van der Waals surface area (Å²) >= 11 is 6.20. The third kappa shape index (κ3) is 5.07. The van der Waals surface area contributed by atoms with Crippen LogP contribution in [0.5, 0.6) is 11.5 Å². The molecule has 1 aliphatic rings. The van der Waals surface area contributed by atoms with E-state index in [9.17, 15) is 14.4 Å². The Kier molecular flexibility index (Phi) is 6.88. The zero-order chi connectivity index (χ0) is 24.2. The molecule has 0 radical (unpaired) electrons. The molecule has 0 fully saturated rings. The summed E-state index contributed by atoms with van der Waals surface area (Å²) in [6.07, 6.45) is -0.0736. The van der Waals surface area contributed by atoms with Crippen LogP contribution in [0.25, 0.3) is 0 Å². The number of Topliss-reactive ketones (excluding diaryl/α,β-unsaturated/α-hetero) is 1. The minimum Gasteiger partial charge on any atom is -0.486 e. The molecule has 8 nitrogen and oxygen atoms in total. The lowest BCUT2D eigenvalue weighted by atomic mass is 10.1. The van der Waals surface area contributed by atoms with Crippen LogP contribution in [-0.4, -0.2) is 42.2 Å². The maximum Gasteiger partial charge on any atom is 0.310 e. The number of esters is 1. The van der Waals surface area contributed by atoms with Crippen LogP contribution in [0.1, 0.15) is 37.7 Å². The van der Waals surface area contributed by atoms with E-state index >= 15 is 0 Å². The number of aryl methyl sites for hydroxylation is 1. The van der Waals surface area contributed by atoms with Crippen molar-refractivity contribution in [1.29, 1.82) is 0 Å². The largest absolute Gasteiger partial charge is 0.486 e. The van der Waals surface area contributed by atoms with Crippen LogP contribution in [0.15, 0.2) is 48.5 Å². The number of amides is 1. The van der Waals surface area contributed by atoms with Crippen molar-refractivity contribution >= 4 is 29.3 Å². The van der Waals surface area contributed by atoms with Gasteiger partial charge in [-0.3, -0.25) is 24.5 Å². The van der Waals surface area contributed by atoms with E-state index in [2.05, 4.69) is 5.43 Å². The van der Waals surface area contributed by atoms with Gasteiger partial charge in [0.05, 0.1) is 11.4 Å². The van der Waals surface area contributed by atoms with E-state index in [-0.39, 0.29) is 18.1 Å². The number of fused-ring (bicyclic) bond motifs is 1. The van der Waals surface area contributed by atoms with Gasteiger partial charge in [0.15, 0.2) is 18.1 Å². The van der Waals surface area contributed by atoms with Crippen LogP contribution < -0.4 is 14.9 Å². The van der Waals surface area contributed by atoms with Crippen molar-refractivity contribution in [2.45, 2.75) is 20.3 Å². The number of carbonyl (C=O) groups is 3. The Labute approximate surface area is 201 Å². The lowest BCUT2D eigenvalue weighted by Gasteiger charge is -2.20. The van der Waals surface area contributed by atoms with Gasteiger partial charge in [0.25, 0.3) is 5.91 Å². The van der Waals surface area contributed by atoms with Crippen LogP contribution in [0.4, 0.5) is 0 Å². The fraction of sp³-hybridized carbons (Fsp3) is 0.240. The summed E-state index contributed by atoms with van der Waals surface area (Å²) in [5.74, 6) is -0.322. The third-order valence-electron chi connectivity index (χ3n) is 5.35. The molecule has 0 atom stereocenters. The average Bonchev–Trinajstić information content (AvgIpc) is 3.11. The fourth-order valence-corrected chi connectivity index (χ4v) is 3.97. The molecule has 1 N–H and O–H groups in total. The van der Waals surface area contributed by atoms with Gasteiger partial charge in [-0.15, -0.1) is 0 Å². The molecule has 0 saturated carbocycles. The number of benzene rings is 2. The first-order valence-electron chi connectivity index (χ1n) is 10.7. The molecule has 2 aromatic carbocycles. The molecular weight excluding hydrogens is 460 g/mol. The van der Waals surface area contributed by atoms with E-state index in [4.69, 9.17) is 25.8 Å². The number of ketones is 1. The summed E-state index contributed by atoms with van der Waals surface area (Å²) in [7, 11) is 0. The summed E-state index contributed by atoms with van der Waals surface area (Å²) in [6.45, 7) is 3.87. The molecule has 9 heteroatoms. The van der Waals surface area contributed by atoms with Crippen molar-refractivity contribution in [3.05, 3.63) is 81.6 Å². The second-order valence-corrected chi connectivity index (χ2v) is 8.20. The molecule has 1 amide bonds. The molecule has 3 aromatic rings. The summed E-state index contributed by atoms with van der Waals surface area (Å²) in [5, 5.41) is 0.348. The third-order valence-corrected chi connectivity index (χ3v) is 5.63. The number of rotatable bonds is 7. The first-order valence-corrected chi connectivity index (χ1v) is 11.0. The number of nitrogens with zero attached hydrogens (tertiary/aromatic N) is 1. The van der Waals surface area contributed by atoms with E-state index in [1.807, 2.05) is 6.07 Å². The molecule has 0 aliphatic carbocycles. The van der Waals surface area contributed by atoms with Gasteiger partial charge < -0.3 is 14.2 Å². The molecule has 0 spiro atoms. The number of hydrogen-bond donors (Lipinski definition) is 1. The maximum absolute atomic E-state index is 12.7. The van der Waals surface area contributed by atoms with Gasteiger partial charge in [0.1, 0.15) is 13.2 Å². The van der Waals surface area contributed by atoms with Crippen LogP contribution in [-0.2, 0) is 16.0 Å². The zero-order valence-electron chi connectivity index (χ0n) is 18.7. The van der Waals surface area contributed by atoms with Crippen molar-refractivity contribution in [3.8, 4) is 11.5 Å². The topological polar surface area (TPSA) is 95.9 Å². The predicted molar refractivity (Wildman–Crippen MR) is 125 cm³/mol. The molecule has 0 saturated heterocycles. The van der Waals surface area contributed by atoms with Gasteiger partial charge in [-0.2, -0.15) is 0 Å². The highest BCUT2D eigenvalue weighted by Crippen LogP contribution is 2.38. The van der Waals surface area contributed by atoms with E-state index in [1.54, 1.807) is 61.0 Å². The second-order valence-electron chi connectivity index (χ2n) is 7.79. The Balaban J connectivity index is 1.38. The molecule has 0 unspecified atom stereocenters. The zero-order valence-corrected chi connectivity index (χ0v) is 19.5. The Morgan fingerprint density at radius 3 is 2.56 bits per heavy atom. The van der Waals surface area contributed by atoms with Gasteiger partial charge in [0.2, 0.25) is 5.78 Å². The molecule has 176 valence electrons. The molecule has 1 aromatic heterocycles. The highest BCUT2D eigenvalue weighted by Gasteiger charge is 2.21. The Morgan fingerprint density at radius 2 is 1.79 bits per heavy atom. The lowest BCUT2D eigenvalue weighted by Crippen LogP contribution is -2.25. The lowest BCUT2D eigenvalue weighted by molar-refractivity contribution is -0.141. The number of ether oxygens (including phenoxy) is 3. The first-order chi connectivity index (χ1) is 16.3. The number of halogens is 1. The van der Waals surface area contributed by atoms with Gasteiger partial charge in [-0.1, -0.05) is 29.8 Å². The second kappa shape index (κ2) is 10.0. The minimum absolute atomic E-state index is 0.0736. The van der Waals surface area contributed by atoms with Gasteiger partial charge in [-0.05, 0) is 49.7 Å². The fourth-order valence-electron chi connectivity index (χ4n) is 3.68. The number of nitrogens with one attached hydrogen (secondary N) is 1. The quantitative estimate of drug-likeness (QED) is 0.405. The van der Waals surface area contributed by atoms with E-state index in [0.717, 1.165) is 0 Å². The summed E-state index contributed by atoms with van der Waals surface area (Å²) in [6, 6.07) is 13.7. The predicted octanol–water partition coefficient (Wildman–Crippen LogP) is 3.88. The van der Waals surface area contributed by atoms with Crippen molar-refractivity contribution in [3.63, 3.8) is 0 Å². The molecule has 34 heavy (non-hydrogen) atoms. The van der Waals surface area contributed by atoms with Crippen molar-refractivity contribution < 1.29 is 28.6 Å². The highest BCUT2D eigenvalue weighted by atomic mass is 35.5. The SMILES string of the molecule is Cc1cc(C(=O)COC(=O)Cc2cc(Cl)c3c(c2)OCCO3)c(C)n1NC(=O)c1ccccc1. The monoisotopic (exact) mass is 482 g/mol. The van der Waals surface area contributed by atoms with E-state index in [1.165, 1.54) is 0 Å². The Morgan fingerprint density at radius 1 is 1.06 bits per heavy atom. The number of aromatic nitrogens is 1. The summed E-state index contributed by atoms with van der Waals surface area (Å²) in [5.41, 5.74) is 5.44. The standard InChI is InChI=1S/C25H23ClN2O6/c1-15-10-19(16(2)28(15)27-25(31)18-6-4-3-5-7-18)21(29)14-34-23(30)13-17-11-20(26)24-22(12-17)32-8-9-33-24/h3-7,10-12H,8-9,13-14H2,1-2H3,(H,27,31). The molecule has 2 heterocycles. The molecule has 1 aliphatic heterocycles. The average molecular weight is 483 g/mol. The van der Waals surface area contributed by atoms with E-state index in [0.29, 0.717) is 57.8 Å². The molecular formula is C25H23ClN2O6. The molecule has 4 rings (SSSR count). The van der Waals surface area contributed by atoms with Gasteiger partial charge in [-0.25, -0.2) is 0 Å². The van der Waals surface area contributed by atoms with Crippen LogP contribution in [0.3, 0.4) is 0 Å². The van der Waals surface area contributed by atoms with Crippen molar-refractivity contribution in [2.24, 2.45) is 0 Å². The summed E-state index contributed by atoms with van der Waals surface area (Å²) < 4.78 is 17.7. The highest BCUT2D eigenvalue weighted by molar-refractivity contribution is 6.32. The number of carbonyl (C=O) groups excluding carboxylic acids is 3. The summed E-state index contributed by atoms with van der Waals surface area (Å²) in [4.78, 5) is 37.6. The first kappa shape index (κ1) is 23.4. The van der Waals surface area contributed by atoms with Crippen molar-refractivity contribution in [1.82, 2.24) is 4.68 Å². The van der Waals surface area contributed by atoms with Crippen LogP contribution in [0.2, 0.25) is 5.02 Å². The molecule has 0 bridgehead atoms. The van der Waals surface area contributed by atoms with Crippen LogP contribution >= 0.6 is 11.6 Å². The Hall–Kier alpha value is -3.78. The smallest absolute Gasteiger partial charge is 0.310 e. The minimum atomic E-state index is -0.577. The van der Waals surface area contributed by atoms with Crippen molar-refractivity contribution in [2.75, 3.05) is 25.2 Å².